The van der Waals surface area contributed by atoms with Crippen LogP contribution in [-0.2, 0) is 4.79 Å². The summed E-state index contributed by atoms with van der Waals surface area (Å²) in [6.07, 6.45) is 5.67. The van der Waals surface area contributed by atoms with Gasteiger partial charge in [0, 0.05) is 18.0 Å². The number of ether oxygens (including phenoxy) is 1. The molecule has 3 saturated carbocycles. The van der Waals surface area contributed by atoms with Crippen molar-refractivity contribution < 1.29 is 23.1 Å². The van der Waals surface area contributed by atoms with E-state index in [0.29, 0.717) is 12.0 Å². The average molecular weight is 378 g/mol. The molecule has 0 spiro atoms. The van der Waals surface area contributed by atoms with E-state index in [-0.39, 0.29) is 40.0 Å². The van der Waals surface area contributed by atoms with Gasteiger partial charge in [0.2, 0.25) is 0 Å². The first-order valence-electron chi connectivity index (χ1n) is 8.33. The van der Waals surface area contributed by atoms with Crippen molar-refractivity contribution >= 4 is 23.3 Å². The summed E-state index contributed by atoms with van der Waals surface area (Å²) in [4.78, 5) is 24.2. The molecule has 1 heterocycles. The van der Waals surface area contributed by atoms with Gasteiger partial charge in [-0.05, 0) is 42.9 Å². The highest BCUT2D eigenvalue weighted by molar-refractivity contribution is 6.30. The maximum Gasteiger partial charge on any atom is 0.254 e. The molecule has 3 aliphatic carbocycles. The maximum absolute atomic E-state index is 13.4. The third-order valence-electron chi connectivity index (χ3n) is 5.17. The summed E-state index contributed by atoms with van der Waals surface area (Å²) in [7, 11) is 0. The maximum atomic E-state index is 13.4. The fourth-order valence-corrected chi connectivity index (χ4v) is 4.34. The van der Waals surface area contributed by atoms with E-state index < -0.39 is 5.82 Å². The van der Waals surface area contributed by atoms with Crippen molar-refractivity contribution in [3.05, 3.63) is 53.2 Å². The SMILES string of the molecule is O=C(COc1ccc(Cl)c(F)c1)CC12CC(NC(=O)c3ccoc3)(C1)C2. The second kappa shape index (κ2) is 6.13. The molecule has 7 heteroatoms. The second-order valence-corrected chi connectivity index (χ2v) is 7.76. The van der Waals surface area contributed by atoms with Crippen LogP contribution in [0, 0.1) is 11.2 Å². The minimum absolute atomic E-state index is 0.0142. The first-order valence-corrected chi connectivity index (χ1v) is 8.71. The summed E-state index contributed by atoms with van der Waals surface area (Å²) in [5.74, 6) is -0.477. The fourth-order valence-electron chi connectivity index (χ4n) is 4.22. The van der Waals surface area contributed by atoms with E-state index in [1.54, 1.807) is 6.07 Å². The van der Waals surface area contributed by atoms with Crippen LogP contribution in [0.2, 0.25) is 5.02 Å². The monoisotopic (exact) mass is 377 g/mol. The minimum atomic E-state index is -0.577. The van der Waals surface area contributed by atoms with Gasteiger partial charge in [-0.15, -0.1) is 0 Å². The van der Waals surface area contributed by atoms with Gasteiger partial charge < -0.3 is 14.5 Å². The van der Waals surface area contributed by atoms with Crippen molar-refractivity contribution in [2.45, 2.75) is 31.2 Å². The molecule has 3 fully saturated rings. The standard InChI is InChI=1S/C19H17ClFNO4/c20-15-2-1-14(5-16(15)21)26-8-13(23)6-18-9-19(10-18,11-18)22-17(24)12-3-4-25-7-12/h1-5,7H,6,8-11H2,(H,22,24). The highest BCUT2D eigenvalue weighted by atomic mass is 35.5. The number of furan rings is 1. The molecule has 5 nitrogen and oxygen atoms in total. The second-order valence-electron chi connectivity index (χ2n) is 7.36. The molecule has 0 unspecified atom stereocenters. The Labute approximate surface area is 154 Å². The summed E-state index contributed by atoms with van der Waals surface area (Å²) >= 11 is 5.61. The van der Waals surface area contributed by atoms with Crippen LogP contribution in [0.4, 0.5) is 4.39 Å². The fraction of sp³-hybridized carbons (Fsp3) is 0.368. The quantitative estimate of drug-likeness (QED) is 0.797. The normalized spacial score (nSPS) is 25.8. The van der Waals surface area contributed by atoms with Crippen LogP contribution in [0.3, 0.4) is 0 Å². The Bertz CT molecular complexity index is 845. The van der Waals surface area contributed by atoms with E-state index in [9.17, 15) is 14.0 Å². The highest BCUT2D eigenvalue weighted by Crippen LogP contribution is 2.69. The first kappa shape index (κ1) is 17.1. The molecule has 0 radical (unpaired) electrons. The minimum Gasteiger partial charge on any atom is -0.486 e. The zero-order valence-corrected chi connectivity index (χ0v) is 14.6. The van der Waals surface area contributed by atoms with E-state index in [0.717, 1.165) is 25.3 Å². The Morgan fingerprint density at radius 1 is 1.27 bits per heavy atom. The molecule has 26 heavy (non-hydrogen) atoms. The molecular weight excluding hydrogens is 361 g/mol. The van der Waals surface area contributed by atoms with Gasteiger partial charge in [-0.25, -0.2) is 4.39 Å². The molecule has 2 aromatic rings. The van der Waals surface area contributed by atoms with Gasteiger partial charge in [0.05, 0.1) is 16.8 Å². The molecule has 0 aliphatic heterocycles. The van der Waals surface area contributed by atoms with Gasteiger partial charge in [-0.1, -0.05) is 11.6 Å². The van der Waals surface area contributed by atoms with Gasteiger partial charge in [-0.3, -0.25) is 9.59 Å². The zero-order chi connectivity index (χ0) is 18.4. The molecule has 136 valence electrons. The van der Waals surface area contributed by atoms with Crippen LogP contribution < -0.4 is 10.1 Å². The van der Waals surface area contributed by atoms with E-state index in [4.69, 9.17) is 20.8 Å². The zero-order valence-electron chi connectivity index (χ0n) is 13.9. The van der Waals surface area contributed by atoms with Gasteiger partial charge in [0.15, 0.2) is 5.78 Å². The van der Waals surface area contributed by atoms with E-state index >= 15 is 0 Å². The summed E-state index contributed by atoms with van der Waals surface area (Å²) in [5.41, 5.74) is 0.285. The van der Waals surface area contributed by atoms with Crippen LogP contribution in [-0.4, -0.2) is 23.8 Å². The van der Waals surface area contributed by atoms with Crippen LogP contribution in [0.5, 0.6) is 5.75 Å². The number of carbonyl (C=O) groups is 2. The number of ketones is 1. The van der Waals surface area contributed by atoms with Gasteiger partial charge in [0.1, 0.15) is 24.4 Å². The van der Waals surface area contributed by atoms with Crippen LogP contribution in [0.25, 0.3) is 0 Å². The molecule has 5 rings (SSSR count). The van der Waals surface area contributed by atoms with Crippen LogP contribution in [0.1, 0.15) is 36.0 Å². The lowest BCUT2D eigenvalue weighted by molar-refractivity contribution is -0.162. The number of Topliss-reactive ketones (excluding diaryl/α,β-unsaturated/α-hetero) is 1. The van der Waals surface area contributed by atoms with Gasteiger partial charge in [0.25, 0.3) is 5.91 Å². The molecule has 0 saturated heterocycles. The van der Waals surface area contributed by atoms with Crippen molar-refractivity contribution in [2.24, 2.45) is 5.41 Å². The Kier molecular flexibility index (Phi) is 4.03. The number of hydrogen-bond acceptors (Lipinski definition) is 4. The summed E-state index contributed by atoms with van der Waals surface area (Å²) in [6.45, 7) is -0.1000. The Balaban J connectivity index is 1.23. The number of amides is 1. The summed E-state index contributed by atoms with van der Waals surface area (Å²) < 4.78 is 23.6. The lowest BCUT2D eigenvalue weighted by Crippen LogP contribution is -2.75. The number of benzene rings is 1. The molecular formula is C19H17ClFNO4. The molecule has 1 aromatic heterocycles. The number of carbonyl (C=O) groups excluding carboxylic acids is 2. The van der Waals surface area contributed by atoms with Crippen LogP contribution >= 0.6 is 11.6 Å². The van der Waals surface area contributed by atoms with E-state index in [2.05, 4.69) is 5.32 Å². The van der Waals surface area contributed by atoms with Crippen molar-refractivity contribution in [3.63, 3.8) is 0 Å². The average Bonchev–Trinajstić information content (AvgIpc) is 3.07. The molecule has 0 atom stereocenters. The first-order chi connectivity index (χ1) is 12.4. The lowest BCUT2D eigenvalue weighted by atomic mass is 9.38. The third kappa shape index (κ3) is 3.09. The largest absolute Gasteiger partial charge is 0.486 e. The lowest BCUT2D eigenvalue weighted by Gasteiger charge is -2.70. The number of halogens is 2. The predicted molar refractivity (Wildman–Crippen MR) is 91.7 cm³/mol. The topological polar surface area (TPSA) is 68.5 Å². The highest BCUT2D eigenvalue weighted by Gasteiger charge is 2.68. The van der Waals surface area contributed by atoms with Crippen molar-refractivity contribution in [3.8, 4) is 5.75 Å². The van der Waals surface area contributed by atoms with E-state index in [1.165, 1.54) is 24.7 Å². The summed E-state index contributed by atoms with van der Waals surface area (Å²) in [6, 6.07) is 5.71. The summed E-state index contributed by atoms with van der Waals surface area (Å²) in [5, 5.41) is 3.05. The van der Waals surface area contributed by atoms with Crippen molar-refractivity contribution in [2.75, 3.05) is 6.61 Å². The smallest absolute Gasteiger partial charge is 0.254 e. The molecule has 2 bridgehead atoms. The number of hydrogen-bond donors (Lipinski definition) is 1. The molecule has 3 aliphatic rings. The van der Waals surface area contributed by atoms with Crippen LogP contribution in [0.15, 0.2) is 41.2 Å². The molecule has 1 aromatic carbocycles. The number of rotatable bonds is 7. The third-order valence-corrected chi connectivity index (χ3v) is 5.47. The molecule has 1 amide bonds. The Hall–Kier alpha value is -2.34. The van der Waals surface area contributed by atoms with E-state index in [1.807, 2.05) is 0 Å². The van der Waals surface area contributed by atoms with Gasteiger partial charge in [-0.2, -0.15) is 0 Å². The van der Waals surface area contributed by atoms with Crippen molar-refractivity contribution in [1.82, 2.24) is 5.32 Å². The Morgan fingerprint density at radius 2 is 2.04 bits per heavy atom. The number of nitrogens with one attached hydrogen (secondary N) is 1. The van der Waals surface area contributed by atoms with Gasteiger partial charge >= 0.3 is 0 Å². The predicted octanol–water partition coefficient (Wildman–Crippen LogP) is 3.76. The molecule has 1 N–H and O–H groups in total. The Morgan fingerprint density at radius 3 is 2.69 bits per heavy atom. The van der Waals surface area contributed by atoms with Crippen molar-refractivity contribution in [1.29, 1.82) is 0 Å².